The Labute approximate surface area is 194 Å². The van der Waals surface area contributed by atoms with E-state index in [4.69, 9.17) is 16.3 Å². The number of nitrogens with zero attached hydrogens (tertiary/aromatic N) is 2. The van der Waals surface area contributed by atoms with Crippen molar-refractivity contribution >= 4 is 17.5 Å². The minimum absolute atomic E-state index is 0.158. The van der Waals surface area contributed by atoms with E-state index in [1.165, 1.54) is 4.68 Å². The van der Waals surface area contributed by atoms with E-state index >= 15 is 0 Å². The second-order valence-electron chi connectivity index (χ2n) is 8.00. The number of ether oxygens (including phenoxy) is 1. The number of rotatable bonds is 9. The van der Waals surface area contributed by atoms with E-state index in [1.54, 1.807) is 36.4 Å². The van der Waals surface area contributed by atoms with Crippen molar-refractivity contribution in [2.24, 2.45) is 0 Å². The summed E-state index contributed by atoms with van der Waals surface area (Å²) in [5.41, 5.74) is 1.19. The van der Waals surface area contributed by atoms with Gasteiger partial charge in [0.05, 0.1) is 0 Å². The molecule has 33 heavy (non-hydrogen) atoms. The standard InChI is InChI=1S/C24H23ClF3N3O2/c25-19-8-10-20(11-9-19)33-15-16-2-4-18(5-3-16)23(32)29-12-1-13-31-21(17-6-7-17)14-22(30-31)24(26,27)28/h2-5,8-11,14,17H,1,6-7,12-13,15H2,(H,29,32). The molecule has 0 spiro atoms. The first-order valence-electron chi connectivity index (χ1n) is 10.7. The maximum Gasteiger partial charge on any atom is 0.435 e. The zero-order valence-corrected chi connectivity index (χ0v) is 18.5. The van der Waals surface area contributed by atoms with E-state index in [-0.39, 0.29) is 11.8 Å². The van der Waals surface area contributed by atoms with E-state index in [1.807, 2.05) is 12.1 Å². The molecule has 0 aliphatic heterocycles. The molecule has 1 N–H and O–H groups in total. The van der Waals surface area contributed by atoms with Crippen LogP contribution in [0.4, 0.5) is 13.2 Å². The first kappa shape index (κ1) is 23.2. The summed E-state index contributed by atoms with van der Waals surface area (Å²) in [7, 11) is 0. The third-order valence-electron chi connectivity index (χ3n) is 5.36. The average molecular weight is 478 g/mol. The van der Waals surface area contributed by atoms with Gasteiger partial charge in [-0.1, -0.05) is 23.7 Å². The number of amides is 1. The highest BCUT2D eigenvalue weighted by atomic mass is 35.5. The average Bonchev–Trinajstić information content (AvgIpc) is 3.54. The van der Waals surface area contributed by atoms with Gasteiger partial charge in [0.15, 0.2) is 5.69 Å². The van der Waals surface area contributed by atoms with Crippen LogP contribution in [0.2, 0.25) is 5.02 Å². The van der Waals surface area contributed by atoms with Crippen LogP contribution in [-0.2, 0) is 19.3 Å². The van der Waals surface area contributed by atoms with E-state index < -0.39 is 11.9 Å². The van der Waals surface area contributed by atoms with Gasteiger partial charge in [-0.3, -0.25) is 9.48 Å². The molecule has 1 amide bonds. The number of halogens is 4. The number of aryl methyl sites for hydroxylation is 1. The summed E-state index contributed by atoms with van der Waals surface area (Å²) in [5.74, 6) is 0.620. The number of hydrogen-bond donors (Lipinski definition) is 1. The molecular formula is C24H23ClF3N3O2. The molecule has 9 heteroatoms. The minimum atomic E-state index is -4.45. The molecule has 0 radical (unpaired) electrons. The summed E-state index contributed by atoms with van der Waals surface area (Å²) in [6, 6.07) is 15.3. The molecule has 3 aromatic rings. The van der Waals surface area contributed by atoms with Crippen molar-refractivity contribution in [3.63, 3.8) is 0 Å². The van der Waals surface area contributed by atoms with Gasteiger partial charge in [-0.15, -0.1) is 0 Å². The summed E-state index contributed by atoms with van der Waals surface area (Å²) in [6.07, 6.45) is -2.19. The molecule has 4 rings (SSSR count). The Morgan fingerprint density at radius 1 is 1.12 bits per heavy atom. The molecule has 174 valence electrons. The van der Waals surface area contributed by atoms with Crippen LogP contribution in [0.1, 0.15) is 52.5 Å². The van der Waals surface area contributed by atoms with E-state index in [9.17, 15) is 18.0 Å². The number of nitrogens with one attached hydrogen (secondary N) is 1. The van der Waals surface area contributed by atoms with Gasteiger partial charge >= 0.3 is 6.18 Å². The predicted molar refractivity (Wildman–Crippen MR) is 118 cm³/mol. The molecule has 5 nitrogen and oxygen atoms in total. The number of benzene rings is 2. The molecule has 0 saturated heterocycles. The first-order valence-corrected chi connectivity index (χ1v) is 11.1. The lowest BCUT2D eigenvalue weighted by atomic mass is 10.1. The third-order valence-corrected chi connectivity index (χ3v) is 5.62. The molecular weight excluding hydrogens is 455 g/mol. The third kappa shape index (κ3) is 6.28. The van der Waals surface area contributed by atoms with Crippen LogP contribution < -0.4 is 10.1 Å². The monoisotopic (exact) mass is 477 g/mol. The van der Waals surface area contributed by atoms with Crippen LogP contribution >= 0.6 is 11.6 Å². The van der Waals surface area contributed by atoms with Gasteiger partial charge in [0.2, 0.25) is 0 Å². The lowest BCUT2D eigenvalue weighted by molar-refractivity contribution is -0.141. The van der Waals surface area contributed by atoms with Gasteiger partial charge in [0.25, 0.3) is 5.91 Å². The van der Waals surface area contributed by atoms with Gasteiger partial charge in [0.1, 0.15) is 12.4 Å². The lowest BCUT2D eigenvalue weighted by Gasteiger charge is -2.09. The van der Waals surface area contributed by atoms with Gasteiger partial charge in [-0.25, -0.2) is 0 Å². The normalized spacial score (nSPS) is 13.7. The fraction of sp³-hybridized carbons (Fsp3) is 0.333. The number of alkyl halides is 3. The van der Waals surface area contributed by atoms with Gasteiger partial charge in [-0.2, -0.15) is 18.3 Å². The molecule has 1 aliphatic carbocycles. The molecule has 0 atom stereocenters. The van der Waals surface area contributed by atoms with Crippen LogP contribution in [0.3, 0.4) is 0 Å². The molecule has 1 heterocycles. The Hall–Kier alpha value is -3.00. The summed E-state index contributed by atoms with van der Waals surface area (Å²) in [5, 5.41) is 7.17. The van der Waals surface area contributed by atoms with Crippen LogP contribution in [-0.4, -0.2) is 22.2 Å². The predicted octanol–water partition coefficient (Wildman–Crippen LogP) is 5.83. The van der Waals surface area contributed by atoms with Crippen LogP contribution in [0.5, 0.6) is 5.75 Å². The van der Waals surface area contributed by atoms with E-state index in [0.29, 0.717) is 48.1 Å². The highest BCUT2D eigenvalue weighted by Gasteiger charge is 2.37. The quantitative estimate of drug-likeness (QED) is 0.394. The fourth-order valence-electron chi connectivity index (χ4n) is 3.44. The van der Waals surface area contributed by atoms with Gasteiger partial charge < -0.3 is 10.1 Å². The molecule has 1 saturated carbocycles. The Morgan fingerprint density at radius 3 is 2.45 bits per heavy atom. The molecule has 0 unspecified atom stereocenters. The van der Waals surface area contributed by atoms with E-state index in [2.05, 4.69) is 10.4 Å². The molecule has 1 aromatic heterocycles. The smallest absolute Gasteiger partial charge is 0.435 e. The topological polar surface area (TPSA) is 56.2 Å². The highest BCUT2D eigenvalue weighted by molar-refractivity contribution is 6.30. The van der Waals surface area contributed by atoms with Crippen molar-refractivity contribution in [2.75, 3.05) is 6.54 Å². The van der Waals surface area contributed by atoms with Crippen molar-refractivity contribution in [1.82, 2.24) is 15.1 Å². The number of carbonyl (C=O) groups is 1. The lowest BCUT2D eigenvalue weighted by Crippen LogP contribution is -2.25. The summed E-state index contributed by atoms with van der Waals surface area (Å²) >= 11 is 5.85. The number of carbonyl (C=O) groups excluding carboxylic acids is 1. The number of aromatic nitrogens is 2. The summed E-state index contributed by atoms with van der Waals surface area (Å²) in [4.78, 5) is 12.4. The zero-order chi connectivity index (χ0) is 23.4. The first-order chi connectivity index (χ1) is 15.8. The molecule has 0 bridgehead atoms. The van der Waals surface area contributed by atoms with Gasteiger partial charge in [0, 0.05) is 35.3 Å². The molecule has 1 fully saturated rings. The van der Waals surface area contributed by atoms with Crippen LogP contribution in [0, 0.1) is 0 Å². The number of hydrogen-bond acceptors (Lipinski definition) is 3. The zero-order valence-electron chi connectivity index (χ0n) is 17.7. The molecule has 2 aromatic carbocycles. The van der Waals surface area contributed by atoms with Crippen molar-refractivity contribution in [2.45, 2.75) is 44.5 Å². The second kappa shape index (κ2) is 9.87. The Bertz CT molecular complexity index is 1090. The van der Waals surface area contributed by atoms with Gasteiger partial charge in [-0.05, 0) is 67.3 Å². The highest BCUT2D eigenvalue weighted by Crippen LogP contribution is 2.42. The molecule has 1 aliphatic rings. The van der Waals surface area contributed by atoms with Crippen molar-refractivity contribution in [3.8, 4) is 5.75 Å². The van der Waals surface area contributed by atoms with Crippen LogP contribution in [0.15, 0.2) is 54.6 Å². The van der Waals surface area contributed by atoms with E-state index in [0.717, 1.165) is 24.5 Å². The summed E-state index contributed by atoms with van der Waals surface area (Å²) < 4.78 is 46.1. The Balaban J connectivity index is 1.24. The second-order valence-corrected chi connectivity index (χ2v) is 8.44. The maximum atomic E-state index is 13.0. The SMILES string of the molecule is O=C(NCCCn1nc(C(F)(F)F)cc1C1CC1)c1ccc(COc2ccc(Cl)cc2)cc1. The summed E-state index contributed by atoms with van der Waals surface area (Å²) in [6.45, 7) is 1.02. The van der Waals surface area contributed by atoms with Crippen molar-refractivity contribution in [1.29, 1.82) is 0 Å². The van der Waals surface area contributed by atoms with Crippen LogP contribution in [0.25, 0.3) is 0 Å². The van der Waals surface area contributed by atoms with Crippen molar-refractivity contribution in [3.05, 3.63) is 82.1 Å². The minimum Gasteiger partial charge on any atom is -0.489 e. The maximum absolute atomic E-state index is 13.0. The largest absolute Gasteiger partial charge is 0.489 e. The Morgan fingerprint density at radius 2 is 1.82 bits per heavy atom. The van der Waals surface area contributed by atoms with Crippen molar-refractivity contribution < 1.29 is 22.7 Å². The fourth-order valence-corrected chi connectivity index (χ4v) is 3.57. The Kier molecular flexibility index (Phi) is 6.93.